The second-order valence-electron chi connectivity index (χ2n) is 4.16. The number of hydrogen-bond acceptors (Lipinski definition) is 1. The summed E-state index contributed by atoms with van der Waals surface area (Å²) in [6, 6.07) is 10.5. The molecule has 14 heavy (non-hydrogen) atoms. The molecule has 1 heterocycles. The monoisotopic (exact) mass is 192 g/mol. The zero-order valence-corrected chi connectivity index (χ0v) is 8.45. The van der Waals surface area contributed by atoms with Gasteiger partial charge in [0.2, 0.25) is 0 Å². The highest BCUT2D eigenvalue weighted by Crippen LogP contribution is 2.00. The van der Waals surface area contributed by atoms with Gasteiger partial charge in [-0.3, -0.25) is 0 Å². The van der Waals surface area contributed by atoms with Gasteiger partial charge in [0.1, 0.15) is 19.2 Å². The van der Waals surface area contributed by atoms with E-state index in [1.54, 1.807) is 0 Å². The number of benzene rings is 1. The minimum absolute atomic E-state index is 0.0811. The lowest BCUT2D eigenvalue weighted by atomic mass is 10.1. The van der Waals surface area contributed by atoms with Crippen LogP contribution >= 0.6 is 0 Å². The van der Waals surface area contributed by atoms with Crippen molar-refractivity contribution in [3.63, 3.8) is 0 Å². The molecule has 2 rings (SSSR count). The van der Waals surface area contributed by atoms with Crippen LogP contribution in [0, 0.1) is 0 Å². The summed E-state index contributed by atoms with van der Waals surface area (Å²) in [5.41, 5.74) is 1.37. The molecular formula is C12H18NO+. The first-order valence-corrected chi connectivity index (χ1v) is 5.40. The van der Waals surface area contributed by atoms with Gasteiger partial charge < -0.3 is 10.0 Å². The van der Waals surface area contributed by atoms with Crippen LogP contribution in [0.2, 0.25) is 0 Å². The van der Waals surface area contributed by atoms with Crippen molar-refractivity contribution in [1.29, 1.82) is 0 Å². The van der Waals surface area contributed by atoms with Gasteiger partial charge in [-0.25, -0.2) is 0 Å². The van der Waals surface area contributed by atoms with E-state index < -0.39 is 0 Å². The van der Waals surface area contributed by atoms with Crippen molar-refractivity contribution in [2.75, 3.05) is 13.1 Å². The number of hydrogen-bond donors (Lipinski definition) is 2. The fourth-order valence-corrected chi connectivity index (χ4v) is 2.17. The summed E-state index contributed by atoms with van der Waals surface area (Å²) >= 11 is 0. The largest absolute Gasteiger partial charge is 0.387 e. The van der Waals surface area contributed by atoms with Crippen LogP contribution in [-0.4, -0.2) is 24.3 Å². The van der Waals surface area contributed by atoms with Crippen LogP contribution in [0.1, 0.15) is 18.4 Å². The predicted molar refractivity (Wildman–Crippen MR) is 56.1 cm³/mol. The maximum Gasteiger partial charge on any atom is 0.104 e. The quantitative estimate of drug-likeness (QED) is 0.688. The van der Waals surface area contributed by atoms with Crippen molar-refractivity contribution in [3.8, 4) is 0 Å². The molecule has 1 aromatic carbocycles. The Morgan fingerprint density at radius 1 is 1.29 bits per heavy atom. The van der Waals surface area contributed by atoms with Gasteiger partial charge in [0.15, 0.2) is 0 Å². The maximum absolute atomic E-state index is 9.54. The van der Waals surface area contributed by atoms with Crippen molar-refractivity contribution in [1.82, 2.24) is 0 Å². The van der Waals surface area contributed by atoms with E-state index in [9.17, 15) is 5.11 Å². The molecule has 1 aliphatic heterocycles. The molecule has 2 nitrogen and oxygen atoms in total. The van der Waals surface area contributed by atoms with E-state index in [-0.39, 0.29) is 6.10 Å². The molecule has 0 spiro atoms. The standard InChI is InChI=1S/C12H17NO/c14-12-7-4-8-13(10-12)9-11-5-2-1-3-6-11/h1-3,5-6,12,14H,4,7-10H2/p+1/t12-/m0/s1. The SMILES string of the molecule is O[C@H]1CCC[NH+](Cc2ccccc2)C1. The molecule has 2 atom stereocenters. The van der Waals surface area contributed by atoms with Gasteiger partial charge in [-0.05, 0) is 12.8 Å². The lowest BCUT2D eigenvalue weighted by Gasteiger charge is -2.27. The Bertz CT molecular complexity index is 273. The molecule has 1 saturated heterocycles. The molecule has 1 fully saturated rings. The molecule has 0 saturated carbocycles. The summed E-state index contributed by atoms with van der Waals surface area (Å²) in [4.78, 5) is 1.51. The summed E-state index contributed by atoms with van der Waals surface area (Å²) in [5, 5.41) is 9.54. The van der Waals surface area contributed by atoms with Crippen molar-refractivity contribution < 1.29 is 10.0 Å². The highest BCUT2D eigenvalue weighted by atomic mass is 16.3. The van der Waals surface area contributed by atoms with Crippen LogP contribution in [0.3, 0.4) is 0 Å². The van der Waals surface area contributed by atoms with Gasteiger partial charge in [0.05, 0.1) is 6.54 Å². The highest BCUT2D eigenvalue weighted by Gasteiger charge is 2.20. The molecule has 1 aliphatic rings. The van der Waals surface area contributed by atoms with Crippen molar-refractivity contribution in [2.24, 2.45) is 0 Å². The van der Waals surface area contributed by atoms with Crippen molar-refractivity contribution in [3.05, 3.63) is 35.9 Å². The van der Waals surface area contributed by atoms with Gasteiger partial charge in [-0.1, -0.05) is 30.3 Å². The highest BCUT2D eigenvalue weighted by molar-refractivity contribution is 5.13. The van der Waals surface area contributed by atoms with Gasteiger partial charge in [-0.2, -0.15) is 0 Å². The lowest BCUT2D eigenvalue weighted by molar-refractivity contribution is -0.921. The van der Waals surface area contributed by atoms with Gasteiger partial charge >= 0.3 is 0 Å². The Balaban J connectivity index is 1.91. The van der Waals surface area contributed by atoms with E-state index in [1.807, 2.05) is 6.07 Å². The fourth-order valence-electron chi connectivity index (χ4n) is 2.17. The first kappa shape index (κ1) is 9.69. The summed E-state index contributed by atoms with van der Waals surface area (Å²) in [5.74, 6) is 0. The number of aliphatic hydroxyl groups excluding tert-OH is 1. The Morgan fingerprint density at radius 2 is 2.07 bits per heavy atom. The molecule has 76 valence electrons. The number of aliphatic hydroxyl groups is 1. The Morgan fingerprint density at radius 3 is 2.79 bits per heavy atom. The minimum atomic E-state index is -0.0811. The molecule has 0 bridgehead atoms. The summed E-state index contributed by atoms with van der Waals surface area (Å²) in [6.07, 6.45) is 2.06. The number of likely N-dealkylation sites (tertiary alicyclic amines) is 1. The molecule has 2 heteroatoms. The third-order valence-corrected chi connectivity index (χ3v) is 2.89. The molecule has 1 unspecified atom stereocenters. The first-order valence-electron chi connectivity index (χ1n) is 5.40. The third kappa shape index (κ3) is 2.56. The minimum Gasteiger partial charge on any atom is -0.387 e. The van der Waals surface area contributed by atoms with Gasteiger partial charge in [0, 0.05) is 5.56 Å². The Hall–Kier alpha value is -0.860. The number of piperidine rings is 1. The molecule has 1 aromatic rings. The topological polar surface area (TPSA) is 24.7 Å². The molecule has 0 aliphatic carbocycles. The average Bonchev–Trinajstić information content (AvgIpc) is 2.19. The van der Waals surface area contributed by atoms with E-state index in [1.165, 1.54) is 17.0 Å². The maximum atomic E-state index is 9.54. The smallest absolute Gasteiger partial charge is 0.104 e. The second kappa shape index (κ2) is 4.58. The fraction of sp³-hybridized carbons (Fsp3) is 0.500. The van der Waals surface area contributed by atoms with E-state index in [0.29, 0.717) is 0 Å². The Labute approximate surface area is 85.2 Å². The summed E-state index contributed by atoms with van der Waals surface area (Å²) < 4.78 is 0. The molecule has 0 amide bonds. The predicted octanol–water partition coefficient (Wildman–Crippen LogP) is 0.226. The van der Waals surface area contributed by atoms with E-state index in [2.05, 4.69) is 24.3 Å². The zero-order valence-electron chi connectivity index (χ0n) is 8.45. The van der Waals surface area contributed by atoms with Crippen molar-refractivity contribution >= 4 is 0 Å². The third-order valence-electron chi connectivity index (χ3n) is 2.89. The van der Waals surface area contributed by atoms with E-state index in [4.69, 9.17) is 0 Å². The van der Waals surface area contributed by atoms with Gasteiger partial charge in [-0.15, -0.1) is 0 Å². The number of quaternary nitrogens is 1. The average molecular weight is 192 g/mol. The number of rotatable bonds is 2. The van der Waals surface area contributed by atoms with Crippen LogP contribution in [0.15, 0.2) is 30.3 Å². The van der Waals surface area contributed by atoms with Crippen LogP contribution < -0.4 is 4.90 Å². The number of nitrogens with one attached hydrogen (secondary N) is 1. The zero-order chi connectivity index (χ0) is 9.80. The molecule has 2 N–H and O–H groups in total. The van der Waals surface area contributed by atoms with Gasteiger partial charge in [0.25, 0.3) is 0 Å². The second-order valence-corrected chi connectivity index (χ2v) is 4.16. The summed E-state index contributed by atoms with van der Waals surface area (Å²) in [6.45, 7) is 3.17. The lowest BCUT2D eigenvalue weighted by Crippen LogP contribution is -3.12. The molecule has 0 aromatic heterocycles. The molecular weight excluding hydrogens is 174 g/mol. The van der Waals surface area contributed by atoms with Crippen LogP contribution in [0.5, 0.6) is 0 Å². The van der Waals surface area contributed by atoms with E-state index in [0.717, 1.165) is 25.9 Å². The van der Waals surface area contributed by atoms with E-state index >= 15 is 0 Å². The van der Waals surface area contributed by atoms with Crippen LogP contribution in [0.4, 0.5) is 0 Å². The normalized spacial score (nSPS) is 27.5. The summed E-state index contributed by atoms with van der Waals surface area (Å²) in [7, 11) is 0. The van der Waals surface area contributed by atoms with Crippen molar-refractivity contribution in [2.45, 2.75) is 25.5 Å². The molecule has 0 radical (unpaired) electrons. The van der Waals surface area contributed by atoms with Crippen LogP contribution in [-0.2, 0) is 6.54 Å². The Kier molecular flexibility index (Phi) is 3.17. The van der Waals surface area contributed by atoms with Crippen LogP contribution in [0.25, 0.3) is 0 Å². The first-order chi connectivity index (χ1) is 6.84.